The molecule has 2 aromatic carbocycles. The van der Waals surface area contributed by atoms with Gasteiger partial charge in [0.05, 0.1) is 16.3 Å². The second-order valence-corrected chi connectivity index (χ2v) is 5.09. The smallest absolute Gasteiger partial charge is 0.416 e. The molecule has 0 amide bonds. The van der Waals surface area contributed by atoms with Crippen LogP contribution in [-0.4, -0.2) is 5.11 Å². The van der Waals surface area contributed by atoms with Crippen LogP contribution in [0.1, 0.15) is 16.7 Å². The maximum absolute atomic E-state index is 12.5. The lowest BCUT2D eigenvalue weighted by molar-refractivity contribution is -0.137. The number of phenols is 1. The monoisotopic (exact) mass is 315 g/mol. The van der Waals surface area contributed by atoms with Crippen molar-refractivity contribution in [1.29, 1.82) is 0 Å². The van der Waals surface area contributed by atoms with Gasteiger partial charge in [0.1, 0.15) is 5.75 Å². The molecule has 0 aliphatic carbocycles. The third-order valence-corrected chi connectivity index (χ3v) is 3.31. The fraction of sp³-hybridized carbons (Fsp3) is 0.200. The van der Waals surface area contributed by atoms with E-state index in [2.05, 4.69) is 5.32 Å². The molecule has 112 valence electrons. The average molecular weight is 316 g/mol. The summed E-state index contributed by atoms with van der Waals surface area (Å²) in [6, 6.07) is 8.24. The van der Waals surface area contributed by atoms with Crippen LogP contribution in [-0.2, 0) is 12.7 Å². The number of hydrogen-bond acceptors (Lipinski definition) is 2. The number of aromatic hydroxyl groups is 1. The third kappa shape index (κ3) is 3.82. The summed E-state index contributed by atoms with van der Waals surface area (Å²) in [6.07, 6.45) is -4.42. The molecule has 21 heavy (non-hydrogen) atoms. The summed E-state index contributed by atoms with van der Waals surface area (Å²) in [4.78, 5) is 0. The van der Waals surface area contributed by atoms with Crippen molar-refractivity contribution < 1.29 is 18.3 Å². The molecule has 6 heteroatoms. The van der Waals surface area contributed by atoms with Crippen LogP contribution in [0.2, 0.25) is 5.02 Å². The fourth-order valence-corrected chi connectivity index (χ4v) is 2.13. The van der Waals surface area contributed by atoms with Gasteiger partial charge in [0.15, 0.2) is 0 Å². The Morgan fingerprint density at radius 3 is 2.48 bits per heavy atom. The molecule has 2 N–H and O–H groups in total. The van der Waals surface area contributed by atoms with Crippen molar-refractivity contribution in [3.8, 4) is 5.75 Å². The molecule has 0 radical (unpaired) electrons. The summed E-state index contributed by atoms with van der Waals surface area (Å²) in [7, 11) is 0. The van der Waals surface area contributed by atoms with Gasteiger partial charge in [-0.05, 0) is 31.2 Å². The molecule has 0 saturated carbocycles. The minimum atomic E-state index is -4.42. The topological polar surface area (TPSA) is 32.3 Å². The first-order chi connectivity index (χ1) is 9.77. The van der Waals surface area contributed by atoms with Gasteiger partial charge in [-0.2, -0.15) is 13.2 Å². The van der Waals surface area contributed by atoms with E-state index < -0.39 is 11.7 Å². The van der Waals surface area contributed by atoms with Crippen LogP contribution < -0.4 is 5.32 Å². The second kappa shape index (κ2) is 5.85. The number of nitrogens with one attached hydrogen (secondary N) is 1. The first kappa shape index (κ1) is 15.5. The number of aryl methyl sites for hydroxylation is 1. The van der Waals surface area contributed by atoms with Gasteiger partial charge < -0.3 is 10.4 Å². The van der Waals surface area contributed by atoms with E-state index in [0.717, 1.165) is 17.7 Å². The van der Waals surface area contributed by atoms with E-state index in [0.29, 0.717) is 11.3 Å². The zero-order valence-corrected chi connectivity index (χ0v) is 11.9. The number of halogens is 4. The highest BCUT2D eigenvalue weighted by molar-refractivity contribution is 6.33. The summed E-state index contributed by atoms with van der Waals surface area (Å²) in [5.74, 6) is 0.121. The zero-order chi connectivity index (χ0) is 15.6. The lowest BCUT2D eigenvalue weighted by Gasteiger charge is -2.12. The molecule has 0 fully saturated rings. The Balaban J connectivity index is 2.15. The molecule has 0 aliphatic rings. The third-order valence-electron chi connectivity index (χ3n) is 3.00. The van der Waals surface area contributed by atoms with Crippen molar-refractivity contribution in [2.45, 2.75) is 19.6 Å². The van der Waals surface area contributed by atoms with Crippen LogP contribution in [0, 0.1) is 6.92 Å². The van der Waals surface area contributed by atoms with Crippen molar-refractivity contribution in [3.63, 3.8) is 0 Å². The lowest BCUT2D eigenvalue weighted by atomic mass is 10.1. The SMILES string of the molecule is Cc1ccc(O)c(CNc2ccc(C(F)(F)F)cc2Cl)c1. The number of alkyl halides is 3. The Labute approximate surface area is 125 Å². The lowest BCUT2D eigenvalue weighted by Crippen LogP contribution is -2.06. The van der Waals surface area contributed by atoms with Crippen LogP contribution in [0.3, 0.4) is 0 Å². The van der Waals surface area contributed by atoms with Gasteiger partial charge in [0.25, 0.3) is 0 Å². The Hall–Kier alpha value is -1.88. The molecule has 0 unspecified atom stereocenters. The molecule has 0 bridgehead atoms. The molecule has 2 nitrogen and oxygen atoms in total. The van der Waals surface area contributed by atoms with Gasteiger partial charge in [-0.3, -0.25) is 0 Å². The number of phenolic OH excluding ortho intramolecular Hbond substituents is 1. The quantitative estimate of drug-likeness (QED) is 0.836. The highest BCUT2D eigenvalue weighted by atomic mass is 35.5. The number of anilines is 1. The second-order valence-electron chi connectivity index (χ2n) is 4.68. The van der Waals surface area contributed by atoms with Crippen molar-refractivity contribution in [2.75, 3.05) is 5.32 Å². The molecular formula is C15H13ClF3NO. The predicted molar refractivity (Wildman–Crippen MR) is 76.6 cm³/mol. The van der Waals surface area contributed by atoms with Crippen LogP contribution in [0.15, 0.2) is 36.4 Å². The molecule has 0 aliphatic heterocycles. The average Bonchev–Trinajstić information content (AvgIpc) is 2.40. The zero-order valence-electron chi connectivity index (χ0n) is 11.1. The first-order valence-corrected chi connectivity index (χ1v) is 6.54. The van der Waals surface area contributed by atoms with Gasteiger partial charge in [-0.25, -0.2) is 0 Å². The number of benzene rings is 2. The van der Waals surface area contributed by atoms with Gasteiger partial charge in [0, 0.05) is 12.1 Å². The molecular weight excluding hydrogens is 303 g/mol. The Kier molecular flexibility index (Phi) is 4.32. The Bertz CT molecular complexity index is 656. The van der Waals surface area contributed by atoms with Gasteiger partial charge in [-0.1, -0.05) is 29.3 Å². The minimum absolute atomic E-state index is 0.0167. The largest absolute Gasteiger partial charge is 0.508 e. The summed E-state index contributed by atoms with van der Waals surface area (Å²) < 4.78 is 37.6. The Morgan fingerprint density at radius 1 is 1.14 bits per heavy atom. The van der Waals surface area contributed by atoms with Crippen LogP contribution in [0.25, 0.3) is 0 Å². The standard InChI is InChI=1S/C15H13ClF3NO/c1-9-2-5-14(21)10(6-9)8-20-13-4-3-11(7-12(13)16)15(17,18)19/h2-7,20-21H,8H2,1H3. The van der Waals surface area contributed by atoms with Crippen molar-refractivity contribution in [3.05, 3.63) is 58.1 Å². The van der Waals surface area contributed by atoms with Gasteiger partial charge in [0.2, 0.25) is 0 Å². The highest BCUT2D eigenvalue weighted by Gasteiger charge is 2.30. The summed E-state index contributed by atoms with van der Waals surface area (Å²) in [5, 5.41) is 12.6. The summed E-state index contributed by atoms with van der Waals surface area (Å²) >= 11 is 5.85. The van der Waals surface area contributed by atoms with E-state index in [4.69, 9.17) is 11.6 Å². The van der Waals surface area contributed by atoms with Crippen LogP contribution >= 0.6 is 11.6 Å². The van der Waals surface area contributed by atoms with E-state index >= 15 is 0 Å². The van der Waals surface area contributed by atoms with Crippen molar-refractivity contribution in [1.82, 2.24) is 0 Å². The molecule has 0 spiro atoms. The summed E-state index contributed by atoms with van der Waals surface area (Å²) in [5.41, 5.74) is 1.20. The van der Waals surface area contributed by atoms with Gasteiger partial charge in [-0.15, -0.1) is 0 Å². The van der Waals surface area contributed by atoms with Crippen molar-refractivity contribution >= 4 is 17.3 Å². The van der Waals surface area contributed by atoms with E-state index in [9.17, 15) is 18.3 Å². The van der Waals surface area contributed by atoms with Crippen LogP contribution in [0.5, 0.6) is 5.75 Å². The molecule has 0 saturated heterocycles. The molecule has 2 rings (SSSR count). The fourth-order valence-electron chi connectivity index (χ4n) is 1.88. The van der Waals surface area contributed by atoms with E-state index in [1.807, 2.05) is 6.92 Å². The van der Waals surface area contributed by atoms with Crippen molar-refractivity contribution in [2.24, 2.45) is 0 Å². The minimum Gasteiger partial charge on any atom is -0.508 e. The molecule has 0 heterocycles. The normalized spacial score (nSPS) is 11.5. The maximum Gasteiger partial charge on any atom is 0.416 e. The predicted octanol–water partition coefficient (Wildman–Crippen LogP) is 4.98. The number of rotatable bonds is 3. The highest BCUT2D eigenvalue weighted by Crippen LogP contribution is 2.34. The van der Waals surface area contributed by atoms with Gasteiger partial charge >= 0.3 is 6.18 Å². The van der Waals surface area contributed by atoms with E-state index in [1.165, 1.54) is 6.07 Å². The first-order valence-electron chi connectivity index (χ1n) is 6.16. The maximum atomic E-state index is 12.5. The molecule has 2 aromatic rings. The van der Waals surface area contributed by atoms with E-state index in [-0.39, 0.29) is 17.3 Å². The van der Waals surface area contributed by atoms with Crippen LogP contribution in [0.4, 0.5) is 18.9 Å². The van der Waals surface area contributed by atoms with E-state index in [1.54, 1.807) is 18.2 Å². The molecule has 0 atom stereocenters. The summed E-state index contributed by atoms with van der Waals surface area (Å²) in [6.45, 7) is 2.15. The molecule has 0 aromatic heterocycles. The Morgan fingerprint density at radius 2 is 1.86 bits per heavy atom. The number of hydrogen-bond donors (Lipinski definition) is 2.